The second-order valence-electron chi connectivity index (χ2n) is 5.34. The Morgan fingerprint density at radius 3 is 2.25 bits per heavy atom. The summed E-state index contributed by atoms with van der Waals surface area (Å²) in [5.74, 6) is -0.255. The van der Waals surface area contributed by atoms with Crippen LogP contribution in [-0.4, -0.2) is 5.54 Å². The molecule has 0 radical (unpaired) electrons. The van der Waals surface area contributed by atoms with Gasteiger partial charge in [-0.15, -0.1) is 0 Å². The molecule has 4 heteroatoms. The average molecular weight is 312 g/mol. The average Bonchev–Trinajstić information content (AvgIpc) is 2.33. The minimum atomic E-state index is -0.553. The van der Waals surface area contributed by atoms with Crippen LogP contribution in [0.4, 0.5) is 4.39 Å². The van der Waals surface area contributed by atoms with Crippen LogP contribution >= 0.6 is 23.2 Å². The van der Waals surface area contributed by atoms with Gasteiger partial charge in [-0.2, -0.15) is 0 Å². The maximum absolute atomic E-state index is 13.2. The summed E-state index contributed by atoms with van der Waals surface area (Å²) in [5, 5.41) is 1.21. The van der Waals surface area contributed by atoms with Crippen LogP contribution in [0.3, 0.4) is 0 Å². The van der Waals surface area contributed by atoms with E-state index in [1.165, 1.54) is 12.1 Å². The molecule has 0 aromatic heterocycles. The number of benzene rings is 2. The van der Waals surface area contributed by atoms with E-state index >= 15 is 0 Å². The summed E-state index contributed by atoms with van der Waals surface area (Å²) in [6, 6.07) is 11.9. The predicted molar refractivity (Wildman–Crippen MR) is 82.9 cm³/mol. The van der Waals surface area contributed by atoms with Crippen LogP contribution in [0.2, 0.25) is 10.0 Å². The fraction of sp³-hybridized carbons (Fsp3) is 0.250. The third-order valence-corrected chi connectivity index (χ3v) is 3.85. The molecule has 0 amide bonds. The fourth-order valence-electron chi connectivity index (χ4n) is 2.28. The molecule has 0 aliphatic carbocycles. The fourth-order valence-corrected chi connectivity index (χ4v) is 2.81. The molecule has 2 N–H and O–H groups in total. The first kappa shape index (κ1) is 15.3. The minimum absolute atomic E-state index is 0.255. The number of nitrogens with two attached hydrogens (primary N) is 1. The van der Waals surface area contributed by atoms with E-state index in [1.807, 2.05) is 13.0 Å². The van der Waals surface area contributed by atoms with Crippen LogP contribution in [0.1, 0.15) is 18.1 Å². The second kappa shape index (κ2) is 6.13. The van der Waals surface area contributed by atoms with Crippen molar-refractivity contribution in [1.29, 1.82) is 0 Å². The molecular weight excluding hydrogens is 296 g/mol. The highest BCUT2D eigenvalue weighted by Gasteiger charge is 2.22. The normalized spacial score (nSPS) is 14.1. The summed E-state index contributed by atoms with van der Waals surface area (Å²) in [6.45, 7) is 1.91. The van der Waals surface area contributed by atoms with Crippen molar-refractivity contribution in [1.82, 2.24) is 0 Å². The Labute approximate surface area is 128 Å². The maximum atomic E-state index is 13.2. The molecule has 106 valence electrons. The second-order valence-corrected chi connectivity index (χ2v) is 6.15. The molecule has 1 atom stereocenters. The van der Waals surface area contributed by atoms with Crippen LogP contribution in [0.5, 0.6) is 0 Å². The lowest BCUT2D eigenvalue weighted by molar-refractivity contribution is 0.462. The molecule has 2 aromatic carbocycles. The molecule has 0 aliphatic heterocycles. The summed E-state index contributed by atoms with van der Waals surface area (Å²) in [5.41, 5.74) is 7.47. The number of halogens is 3. The zero-order valence-corrected chi connectivity index (χ0v) is 12.7. The highest BCUT2D eigenvalue weighted by atomic mass is 35.5. The SMILES string of the molecule is CC(N)(Cc1cccc(F)c1)Cc1c(Cl)cccc1Cl. The van der Waals surface area contributed by atoms with Gasteiger partial charge in [-0.3, -0.25) is 0 Å². The predicted octanol–water partition coefficient (Wildman–Crippen LogP) is 4.64. The van der Waals surface area contributed by atoms with Gasteiger partial charge in [0, 0.05) is 15.6 Å². The van der Waals surface area contributed by atoms with Gasteiger partial charge in [0.1, 0.15) is 5.82 Å². The molecule has 0 saturated carbocycles. The minimum Gasteiger partial charge on any atom is -0.325 e. The zero-order chi connectivity index (χ0) is 14.8. The van der Waals surface area contributed by atoms with Crippen molar-refractivity contribution >= 4 is 23.2 Å². The van der Waals surface area contributed by atoms with E-state index in [-0.39, 0.29) is 5.82 Å². The van der Waals surface area contributed by atoms with Gasteiger partial charge in [-0.25, -0.2) is 4.39 Å². The van der Waals surface area contributed by atoms with Crippen LogP contribution in [-0.2, 0) is 12.8 Å². The van der Waals surface area contributed by atoms with E-state index in [4.69, 9.17) is 28.9 Å². The van der Waals surface area contributed by atoms with Gasteiger partial charge in [-0.1, -0.05) is 41.4 Å². The molecule has 1 unspecified atom stereocenters. The van der Waals surface area contributed by atoms with Crippen LogP contribution < -0.4 is 5.73 Å². The van der Waals surface area contributed by atoms with Crippen molar-refractivity contribution in [3.63, 3.8) is 0 Å². The Morgan fingerprint density at radius 2 is 1.65 bits per heavy atom. The van der Waals surface area contributed by atoms with E-state index in [1.54, 1.807) is 24.3 Å². The monoisotopic (exact) mass is 311 g/mol. The van der Waals surface area contributed by atoms with Crippen LogP contribution in [0.15, 0.2) is 42.5 Å². The summed E-state index contributed by atoms with van der Waals surface area (Å²) in [4.78, 5) is 0. The molecular formula is C16H16Cl2FN. The van der Waals surface area contributed by atoms with Crippen molar-refractivity contribution in [3.05, 3.63) is 69.5 Å². The largest absolute Gasteiger partial charge is 0.325 e. The first-order chi connectivity index (χ1) is 9.37. The molecule has 0 fully saturated rings. The summed E-state index contributed by atoms with van der Waals surface area (Å²) < 4.78 is 13.2. The Hall–Kier alpha value is -1.09. The topological polar surface area (TPSA) is 26.0 Å². The van der Waals surface area contributed by atoms with E-state index in [2.05, 4.69) is 0 Å². The standard InChI is InChI=1S/C16H16Cl2FN/c1-16(20,9-11-4-2-5-12(19)8-11)10-13-14(17)6-3-7-15(13)18/h2-8H,9-10,20H2,1H3. The first-order valence-corrected chi connectivity index (χ1v) is 7.09. The van der Waals surface area contributed by atoms with E-state index in [0.717, 1.165) is 11.1 Å². The third kappa shape index (κ3) is 3.95. The zero-order valence-electron chi connectivity index (χ0n) is 11.2. The Bertz CT molecular complexity index is 591. The summed E-state index contributed by atoms with van der Waals surface area (Å²) in [7, 11) is 0. The van der Waals surface area contributed by atoms with E-state index in [0.29, 0.717) is 22.9 Å². The van der Waals surface area contributed by atoms with Crippen molar-refractivity contribution in [2.75, 3.05) is 0 Å². The van der Waals surface area contributed by atoms with Crippen molar-refractivity contribution < 1.29 is 4.39 Å². The Kier molecular flexibility index (Phi) is 4.69. The Morgan fingerprint density at radius 1 is 1.05 bits per heavy atom. The smallest absolute Gasteiger partial charge is 0.123 e. The molecule has 2 rings (SSSR count). The molecule has 20 heavy (non-hydrogen) atoms. The first-order valence-electron chi connectivity index (χ1n) is 6.34. The third-order valence-electron chi connectivity index (χ3n) is 3.14. The summed E-state index contributed by atoms with van der Waals surface area (Å²) >= 11 is 12.3. The maximum Gasteiger partial charge on any atom is 0.123 e. The van der Waals surface area contributed by atoms with Gasteiger partial charge in [0.15, 0.2) is 0 Å². The van der Waals surface area contributed by atoms with Gasteiger partial charge in [-0.05, 0) is 55.2 Å². The van der Waals surface area contributed by atoms with E-state index in [9.17, 15) is 4.39 Å². The van der Waals surface area contributed by atoms with Crippen LogP contribution in [0.25, 0.3) is 0 Å². The molecule has 0 bridgehead atoms. The van der Waals surface area contributed by atoms with Gasteiger partial charge < -0.3 is 5.73 Å². The lowest BCUT2D eigenvalue weighted by atomic mass is 9.87. The van der Waals surface area contributed by atoms with Gasteiger partial charge in [0.25, 0.3) is 0 Å². The van der Waals surface area contributed by atoms with Crippen molar-refractivity contribution in [2.45, 2.75) is 25.3 Å². The van der Waals surface area contributed by atoms with Gasteiger partial charge >= 0.3 is 0 Å². The lowest BCUT2D eigenvalue weighted by Crippen LogP contribution is -2.41. The molecule has 1 nitrogen and oxygen atoms in total. The Balaban J connectivity index is 2.19. The number of hydrogen-bond donors (Lipinski definition) is 1. The molecule has 0 spiro atoms. The van der Waals surface area contributed by atoms with Gasteiger partial charge in [0.2, 0.25) is 0 Å². The van der Waals surface area contributed by atoms with Crippen molar-refractivity contribution in [3.8, 4) is 0 Å². The van der Waals surface area contributed by atoms with Crippen molar-refractivity contribution in [2.24, 2.45) is 5.73 Å². The number of rotatable bonds is 4. The summed E-state index contributed by atoms with van der Waals surface area (Å²) in [6.07, 6.45) is 1.08. The quantitative estimate of drug-likeness (QED) is 0.875. The van der Waals surface area contributed by atoms with Gasteiger partial charge in [0.05, 0.1) is 0 Å². The number of hydrogen-bond acceptors (Lipinski definition) is 1. The van der Waals surface area contributed by atoms with Crippen LogP contribution in [0, 0.1) is 5.82 Å². The van der Waals surface area contributed by atoms with E-state index < -0.39 is 5.54 Å². The molecule has 0 aliphatic rings. The highest BCUT2D eigenvalue weighted by Crippen LogP contribution is 2.28. The highest BCUT2D eigenvalue weighted by molar-refractivity contribution is 6.36. The molecule has 0 heterocycles. The molecule has 0 saturated heterocycles. The lowest BCUT2D eigenvalue weighted by Gasteiger charge is -2.26. The molecule has 2 aromatic rings.